The molecule has 0 unspecified atom stereocenters. The van der Waals surface area contributed by atoms with Crippen molar-refractivity contribution in [3.05, 3.63) is 176 Å². The molecule has 0 N–H and O–H groups in total. The number of para-hydroxylation sites is 1. The second kappa shape index (κ2) is 10.2. The fourth-order valence-electron chi connectivity index (χ4n) is 7.71. The first-order chi connectivity index (χ1) is 23.3. The molecule has 10 aromatic rings. The fraction of sp³-hybridized carbons (Fsp3) is 0. The molecule has 0 saturated heterocycles. The number of nitrogens with zero attached hydrogens (tertiary/aromatic N) is 1. The van der Waals surface area contributed by atoms with Crippen molar-refractivity contribution in [2.24, 2.45) is 0 Å². The van der Waals surface area contributed by atoms with Crippen LogP contribution in [0.1, 0.15) is 0 Å². The Hall–Kier alpha value is -6.18. The molecule has 0 spiro atoms. The number of hydrogen-bond donors (Lipinski definition) is 0. The second-order valence-corrected chi connectivity index (χ2v) is 12.5. The van der Waals surface area contributed by atoms with E-state index in [0.717, 1.165) is 0 Å². The molecule has 0 aliphatic rings. The Bertz CT molecular complexity index is 2840. The average molecular weight is 596 g/mol. The molecule has 0 bridgehead atoms. The molecule has 1 aromatic heterocycles. The first-order valence-corrected chi connectivity index (χ1v) is 16.3. The van der Waals surface area contributed by atoms with Crippen molar-refractivity contribution in [3.8, 4) is 27.9 Å². The minimum Gasteiger partial charge on any atom is -0.309 e. The van der Waals surface area contributed by atoms with Crippen molar-refractivity contribution >= 4 is 64.9 Å². The van der Waals surface area contributed by atoms with Gasteiger partial charge in [0, 0.05) is 16.2 Å². The molecule has 1 heteroatoms. The van der Waals surface area contributed by atoms with E-state index in [1.807, 2.05) is 0 Å². The molecule has 0 saturated carbocycles. The number of rotatable bonds is 3. The van der Waals surface area contributed by atoms with Crippen LogP contribution in [0.2, 0.25) is 0 Å². The van der Waals surface area contributed by atoms with Crippen LogP contribution in [-0.4, -0.2) is 4.57 Å². The van der Waals surface area contributed by atoms with Gasteiger partial charge in [-0.3, -0.25) is 0 Å². The highest BCUT2D eigenvalue weighted by atomic mass is 15.0. The number of hydrogen-bond acceptors (Lipinski definition) is 0. The van der Waals surface area contributed by atoms with Gasteiger partial charge in [-0.1, -0.05) is 140 Å². The Morgan fingerprint density at radius 1 is 0.298 bits per heavy atom. The van der Waals surface area contributed by atoms with Gasteiger partial charge in [0.15, 0.2) is 0 Å². The number of aromatic nitrogens is 1. The van der Waals surface area contributed by atoms with E-state index in [1.54, 1.807) is 0 Å². The Morgan fingerprint density at radius 3 is 1.70 bits per heavy atom. The molecule has 218 valence electrons. The largest absolute Gasteiger partial charge is 0.309 e. The standard InChI is InChI=1S/C46H29N/c1-3-13-38-30(9-1)11-7-16-39(38)36-22-21-33-27-32(19-20-34(33)28-36)35-23-25-41-37(29-35)24-26-45-46(41)42-15-5-6-17-44(42)47(45)43-18-8-12-31-10-2-4-14-40(31)43/h1-29H. The fourth-order valence-corrected chi connectivity index (χ4v) is 7.71. The molecule has 0 aliphatic carbocycles. The van der Waals surface area contributed by atoms with Crippen LogP contribution in [0.4, 0.5) is 0 Å². The van der Waals surface area contributed by atoms with Gasteiger partial charge < -0.3 is 4.57 Å². The SMILES string of the molecule is c1ccc2c(-c3ccc4cc(-c5ccc6c(ccc7c6c6ccccc6n7-c6cccc7ccccc67)c5)ccc4c3)cccc2c1. The van der Waals surface area contributed by atoms with E-state index in [1.165, 1.54) is 92.8 Å². The highest BCUT2D eigenvalue weighted by Crippen LogP contribution is 2.40. The molecule has 0 amide bonds. The van der Waals surface area contributed by atoms with E-state index >= 15 is 0 Å². The van der Waals surface area contributed by atoms with E-state index in [-0.39, 0.29) is 0 Å². The summed E-state index contributed by atoms with van der Waals surface area (Å²) in [5, 5.41) is 12.7. The third kappa shape index (κ3) is 4.03. The van der Waals surface area contributed by atoms with Crippen LogP contribution < -0.4 is 0 Å². The molecule has 0 aliphatic heterocycles. The highest BCUT2D eigenvalue weighted by molar-refractivity contribution is 6.22. The molecule has 47 heavy (non-hydrogen) atoms. The van der Waals surface area contributed by atoms with Gasteiger partial charge in [0.25, 0.3) is 0 Å². The van der Waals surface area contributed by atoms with Crippen molar-refractivity contribution in [3.63, 3.8) is 0 Å². The third-order valence-electron chi connectivity index (χ3n) is 9.93. The van der Waals surface area contributed by atoms with E-state index < -0.39 is 0 Å². The number of benzene rings is 9. The first-order valence-electron chi connectivity index (χ1n) is 16.3. The van der Waals surface area contributed by atoms with Crippen molar-refractivity contribution in [1.29, 1.82) is 0 Å². The molecule has 1 nitrogen and oxygen atoms in total. The second-order valence-electron chi connectivity index (χ2n) is 12.5. The van der Waals surface area contributed by atoms with Crippen LogP contribution in [0.25, 0.3) is 92.8 Å². The summed E-state index contributed by atoms with van der Waals surface area (Å²) in [4.78, 5) is 0. The van der Waals surface area contributed by atoms with E-state index in [2.05, 4.69) is 180 Å². The third-order valence-corrected chi connectivity index (χ3v) is 9.93. The summed E-state index contributed by atoms with van der Waals surface area (Å²) in [5.74, 6) is 0. The Balaban J connectivity index is 1.10. The lowest BCUT2D eigenvalue weighted by atomic mass is 9.94. The van der Waals surface area contributed by atoms with Gasteiger partial charge in [0.1, 0.15) is 0 Å². The van der Waals surface area contributed by atoms with Crippen molar-refractivity contribution in [2.45, 2.75) is 0 Å². The smallest absolute Gasteiger partial charge is 0.0547 e. The van der Waals surface area contributed by atoms with Crippen LogP contribution >= 0.6 is 0 Å². The maximum absolute atomic E-state index is 2.44. The lowest BCUT2D eigenvalue weighted by Gasteiger charge is -2.12. The summed E-state index contributed by atoms with van der Waals surface area (Å²) in [7, 11) is 0. The minimum absolute atomic E-state index is 1.21. The Labute approximate surface area is 272 Å². The first kappa shape index (κ1) is 26.1. The molecule has 10 rings (SSSR count). The van der Waals surface area contributed by atoms with Gasteiger partial charge in [-0.05, 0) is 96.4 Å². The van der Waals surface area contributed by atoms with Gasteiger partial charge in [-0.2, -0.15) is 0 Å². The summed E-state index contributed by atoms with van der Waals surface area (Å²) < 4.78 is 2.44. The highest BCUT2D eigenvalue weighted by Gasteiger charge is 2.16. The molecular weight excluding hydrogens is 567 g/mol. The molecular formula is C46H29N. The van der Waals surface area contributed by atoms with E-state index in [4.69, 9.17) is 0 Å². The Kier molecular flexibility index (Phi) is 5.64. The quantitative estimate of drug-likeness (QED) is 0.191. The maximum Gasteiger partial charge on any atom is 0.0547 e. The zero-order valence-electron chi connectivity index (χ0n) is 25.7. The molecule has 0 atom stereocenters. The zero-order chi connectivity index (χ0) is 30.9. The summed E-state index contributed by atoms with van der Waals surface area (Å²) in [6.07, 6.45) is 0. The van der Waals surface area contributed by atoms with Crippen LogP contribution in [0.5, 0.6) is 0 Å². The van der Waals surface area contributed by atoms with Gasteiger partial charge in [-0.15, -0.1) is 0 Å². The van der Waals surface area contributed by atoms with Gasteiger partial charge in [-0.25, -0.2) is 0 Å². The summed E-state index contributed by atoms with van der Waals surface area (Å²) in [5.41, 5.74) is 8.66. The summed E-state index contributed by atoms with van der Waals surface area (Å²) in [6.45, 7) is 0. The van der Waals surface area contributed by atoms with Gasteiger partial charge in [0.2, 0.25) is 0 Å². The minimum atomic E-state index is 1.21. The zero-order valence-corrected chi connectivity index (χ0v) is 25.7. The lowest BCUT2D eigenvalue weighted by molar-refractivity contribution is 1.20. The summed E-state index contributed by atoms with van der Waals surface area (Å²) in [6, 6.07) is 64.5. The summed E-state index contributed by atoms with van der Waals surface area (Å²) >= 11 is 0. The van der Waals surface area contributed by atoms with Crippen LogP contribution in [-0.2, 0) is 0 Å². The Morgan fingerprint density at radius 2 is 0.872 bits per heavy atom. The van der Waals surface area contributed by atoms with Crippen LogP contribution in [0, 0.1) is 0 Å². The molecule has 1 heterocycles. The van der Waals surface area contributed by atoms with Crippen molar-refractivity contribution in [1.82, 2.24) is 4.57 Å². The topological polar surface area (TPSA) is 4.93 Å². The van der Waals surface area contributed by atoms with Crippen molar-refractivity contribution < 1.29 is 0 Å². The van der Waals surface area contributed by atoms with Gasteiger partial charge in [0.05, 0.1) is 16.7 Å². The monoisotopic (exact) mass is 595 g/mol. The maximum atomic E-state index is 2.44. The molecule has 0 fully saturated rings. The average Bonchev–Trinajstić information content (AvgIpc) is 3.48. The van der Waals surface area contributed by atoms with Crippen molar-refractivity contribution in [2.75, 3.05) is 0 Å². The van der Waals surface area contributed by atoms with Crippen LogP contribution in [0.3, 0.4) is 0 Å². The molecule has 9 aromatic carbocycles. The number of fused-ring (bicyclic) bond motifs is 8. The predicted molar refractivity (Wildman–Crippen MR) is 202 cm³/mol. The van der Waals surface area contributed by atoms with E-state index in [9.17, 15) is 0 Å². The normalized spacial score (nSPS) is 11.8. The molecule has 0 radical (unpaired) electrons. The van der Waals surface area contributed by atoms with Gasteiger partial charge >= 0.3 is 0 Å². The van der Waals surface area contributed by atoms with Crippen LogP contribution in [0.15, 0.2) is 176 Å². The van der Waals surface area contributed by atoms with E-state index in [0.29, 0.717) is 0 Å². The lowest BCUT2D eigenvalue weighted by Crippen LogP contribution is -1.95. The predicted octanol–water partition coefficient (Wildman–Crippen LogP) is 12.7.